The van der Waals surface area contributed by atoms with Gasteiger partial charge in [-0.05, 0) is 24.6 Å². The Balaban J connectivity index is 2.33. The summed E-state index contributed by atoms with van der Waals surface area (Å²) in [6.45, 7) is 1.82. The second kappa shape index (κ2) is 8.48. The highest BCUT2D eigenvalue weighted by molar-refractivity contribution is 6.30. The quantitative estimate of drug-likeness (QED) is 0.774. The molecule has 0 aliphatic heterocycles. The number of halogens is 1. The smallest absolute Gasteiger partial charge is 0.337 e. The van der Waals surface area contributed by atoms with Crippen LogP contribution in [0, 0.1) is 0 Å². The van der Waals surface area contributed by atoms with Crippen molar-refractivity contribution in [2.75, 3.05) is 19.5 Å². The van der Waals surface area contributed by atoms with E-state index in [1.807, 2.05) is 6.92 Å². The summed E-state index contributed by atoms with van der Waals surface area (Å²) in [5.41, 5.74) is 0.483. The highest BCUT2D eigenvalue weighted by atomic mass is 35.5. The van der Waals surface area contributed by atoms with Crippen molar-refractivity contribution in [3.63, 3.8) is 0 Å². The molecule has 0 spiro atoms. The predicted molar refractivity (Wildman–Crippen MR) is 94.3 cm³/mol. The van der Waals surface area contributed by atoms with Crippen LogP contribution in [0.5, 0.6) is 0 Å². The van der Waals surface area contributed by atoms with Gasteiger partial charge < -0.3 is 14.8 Å². The molecule has 0 radical (unpaired) electrons. The van der Waals surface area contributed by atoms with Crippen molar-refractivity contribution in [2.45, 2.75) is 19.4 Å². The molecular formula is C17H18ClN3O5. The number of carbonyl (C=O) groups is 3. The van der Waals surface area contributed by atoms with Gasteiger partial charge in [-0.15, -0.1) is 0 Å². The number of rotatable bonds is 6. The minimum Gasteiger partial charge on any atom is -0.465 e. The third-order valence-corrected chi connectivity index (χ3v) is 3.82. The Morgan fingerprint density at radius 3 is 2.15 bits per heavy atom. The van der Waals surface area contributed by atoms with E-state index in [1.54, 1.807) is 6.20 Å². The second-order valence-corrected chi connectivity index (χ2v) is 5.77. The van der Waals surface area contributed by atoms with Crippen LogP contribution in [0.3, 0.4) is 0 Å². The summed E-state index contributed by atoms with van der Waals surface area (Å²) < 4.78 is 10.8. The molecule has 1 unspecified atom stereocenters. The average Bonchev–Trinajstić information content (AvgIpc) is 3.06. The first-order valence-corrected chi connectivity index (χ1v) is 8.09. The maximum absolute atomic E-state index is 12.6. The fourth-order valence-electron chi connectivity index (χ4n) is 2.37. The fourth-order valence-corrected chi connectivity index (χ4v) is 2.52. The number of methoxy groups -OCH3 is 2. The molecule has 2 aromatic rings. The van der Waals surface area contributed by atoms with E-state index >= 15 is 0 Å². The fraction of sp³-hybridized carbons (Fsp3) is 0.294. The van der Waals surface area contributed by atoms with Crippen LogP contribution in [0.4, 0.5) is 5.69 Å². The molecule has 0 fully saturated rings. The van der Waals surface area contributed by atoms with Gasteiger partial charge in [-0.25, -0.2) is 9.59 Å². The summed E-state index contributed by atoms with van der Waals surface area (Å²) in [6, 6.07) is 3.56. The van der Waals surface area contributed by atoms with Gasteiger partial charge in [-0.1, -0.05) is 18.5 Å². The summed E-state index contributed by atoms with van der Waals surface area (Å²) in [5, 5.41) is 7.14. The number of hydrogen-bond donors (Lipinski definition) is 1. The van der Waals surface area contributed by atoms with Crippen molar-refractivity contribution in [3.8, 4) is 0 Å². The van der Waals surface area contributed by atoms with Crippen LogP contribution in [0.15, 0.2) is 30.6 Å². The molecule has 0 saturated heterocycles. The van der Waals surface area contributed by atoms with Gasteiger partial charge in [-0.2, -0.15) is 5.10 Å². The molecule has 0 aliphatic carbocycles. The SMILES string of the molecule is CCC(C(=O)Nc1cc(C(=O)OC)cc(C(=O)OC)c1)n1cc(Cl)cn1. The van der Waals surface area contributed by atoms with Crippen molar-refractivity contribution in [1.82, 2.24) is 9.78 Å². The van der Waals surface area contributed by atoms with Crippen LogP contribution in [0.25, 0.3) is 0 Å². The summed E-state index contributed by atoms with van der Waals surface area (Å²) >= 11 is 5.85. The van der Waals surface area contributed by atoms with Crippen molar-refractivity contribution in [2.24, 2.45) is 0 Å². The standard InChI is InChI=1S/C17H18ClN3O5/c1-4-14(21-9-12(18)8-19-21)15(22)20-13-6-10(16(23)25-2)5-11(7-13)17(24)26-3/h5-9,14H,4H2,1-3H3,(H,20,22). The molecule has 138 valence electrons. The van der Waals surface area contributed by atoms with Gasteiger partial charge in [-0.3, -0.25) is 9.48 Å². The van der Waals surface area contributed by atoms with Gasteiger partial charge >= 0.3 is 11.9 Å². The Morgan fingerprint density at radius 1 is 1.15 bits per heavy atom. The highest BCUT2D eigenvalue weighted by Gasteiger charge is 2.21. The first-order chi connectivity index (χ1) is 12.4. The van der Waals surface area contributed by atoms with Crippen LogP contribution in [0.1, 0.15) is 40.1 Å². The number of ether oxygens (including phenoxy) is 2. The summed E-state index contributed by atoms with van der Waals surface area (Å²) in [6.07, 6.45) is 3.44. The Labute approximate surface area is 155 Å². The molecule has 1 N–H and O–H groups in total. The maximum Gasteiger partial charge on any atom is 0.337 e. The molecule has 1 heterocycles. The zero-order valence-corrected chi connectivity index (χ0v) is 15.2. The van der Waals surface area contributed by atoms with E-state index in [2.05, 4.69) is 19.9 Å². The molecule has 1 amide bonds. The van der Waals surface area contributed by atoms with Crippen LogP contribution in [-0.4, -0.2) is 41.8 Å². The molecule has 9 heteroatoms. The second-order valence-electron chi connectivity index (χ2n) is 5.33. The number of carbonyl (C=O) groups excluding carboxylic acids is 3. The molecule has 1 atom stereocenters. The molecule has 26 heavy (non-hydrogen) atoms. The lowest BCUT2D eigenvalue weighted by atomic mass is 10.1. The lowest BCUT2D eigenvalue weighted by Gasteiger charge is -2.16. The molecule has 1 aromatic heterocycles. The summed E-state index contributed by atoms with van der Waals surface area (Å²) in [4.78, 5) is 36.2. The van der Waals surface area contributed by atoms with Gasteiger partial charge in [0, 0.05) is 11.9 Å². The van der Waals surface area contributed by atoms with Gasteiger partial charge in [0.05, 0.1) is 36.6 Å². The van der Waals surface area contributed by atoms with Crippen molar-refractivity contribution < 1.29 is 23.9 Å². The Morgan fingerprint density at radius 2 is 1.73 bits per heavy atom. The van der Waals surface area contributed by atoms with Crippen LogP contribution >= 0.6 is 11.6 Å². The largest absolute Gasteiger partial charge is 0.465 e. The number of anilines is 1. The molecule has 0 saturated carbocycles. The number of nitrogens with zero attached hydrogens (tertiary/aromatic N) is 2. The minimum absolute atomic E-state index is 0.112. The third kappa shape index (κ3) is 4.40. The van der Waals surface area contributed by atoms with Gasteiger partial charge in [0.15, 0.2) is 0 Å². The highest BCUT2D eigenvalue weighted by Crippen LogP contribution is 2.20. The molecule has 0 bridgehead atoms. The van der Waals surface area contributed by atoms with Gasteiger partial charge in [0.1, 0.15) is 6.04 Å². The number of esters is 2. The predicted octanol–water partition coefficient (Wildman–Crippen LogP) is 2.70. The van der Waals surface area contributed by atoms with Crippen LogP contribution < -0.4 is 5.32 Å². The molecule has 8 nitrogen and oxygen atoms in total. The first-order valence-electron chi connectivity index (χ1n) is 7.71. The van der Waals surface area contributed by atoms with Crippen molar-refractivity contribution >= 4 is 35.1 Å². The Hall–Kier alpha value is -2.87. The summed E-state index contributed by atoms with van der Waals surface area (Å²) in [5.74, 6) is -1.65. The monoisotopic (exact) mass is 379 g/mol. The molecule has 1 aromatic carbocycles. The lowest BCUT2D eigenvalue weighted by molar-refractivity contribution is -0.119. The third-order valence-electron chi connectivity index (χ3n) is 3.62. The zero-order valence-electron chi connectivity index (χ0n) is 14.5. The minimum atomic E-state index is -0.642. The van der Waals surface area contributed by atoms with E-state index in [0.29, 0.717) is 11.4 Å². The van der Waals surface area contributed by atoms with E-state index in [1.165, 1.54) is 43.3 Å². The topological polar surface area (TPSA) is 99.5 Å². The Bertz CT molecular complexity index is 799. The number of benzene rings is 1. The number of nitrogens with one attached hydrogen (secondary N) is 1. The Kier molecular flexibility index (Phi) is 6.35. The molecule has 2 rings (SSSR count). The van der Waals surface area contributed by atoms with E-state index in [-0.39, 0.29) is 22.7 Å². The van der Waals surface area contributed by atoms with E-state index in [0.717, 1.165) is 0 Å². The van der Waals surface area contributed by atoms with Crippen molar-refractivity contribution in [3.05, 3.63) is 46.7 Å². The van der Waals surface area contributed by atoms with E-state index in [4.69, 9.17) is 11.6 Å². The average molecular weight is 380 g/mol. The lowest BCUT2D eigenvalue weighted by Crippen LogP contribution is -2.26. The van der Waals surface area contributed by atoms with Crippen LogP contribution in [-0.2, 0) is 14.3 Å². The van der Waals surface area contributed by atoms with Crippen LogP contribution in [0.2, 0.25) is 5.02 Å². The normalized spacial score (nSPS) is 11.5. The van der Waals surface area contributed by atoms with Gasteiger partial charge in [0.25, 0.3) is 0 Å². The van der Waals surface area contributed by atoms with E-state index in [9.17, 15) is 14.4 Å². The molecule has 0 aliphatic rings. The maximum atomic E-state index is 12.6. The first kappa shape index (κ1) is 19.5. The number of amides is 1. The zero-order chi connectivity index (χ0) is 19.3. The number of aromatic nitrogens is 2. The van der Waals surface area contributed by atoms with E-state index < -0.39 is 18.0 Å². The summed E-state index contributed by atoms with van der Waals surface area (Å²) in [7, 11) is 2.44. The molecular weight excluding hydrogens is 362 g/mol. The van der Waals surface area contributed by atoms with Crippen molar-refractivity contribution in [1.29, 1.82) is 0 Å². The number of hydrogen-bond acceptors (Lipinski definition) is 6. The van der Waals surface area contributed by atoms with Gasteiger partial charge in [0.2, 0.25) is 5.91 Å².